The molecule has 0 aliphatic rings. The summed E-state index contributed by atoms with van der Waals surface area (Å²) in [5.74, 6) is 0.547. The van der Waals surface area contributed by atoms with Gasteiger partial charge in [0.2, 0.25) is 10.1 Å². The molecule has 86 valence electrons. The van der Waals surface area contributed by atoms with Gasteiger partial charge in [-0.2, -0.15) is 13.2 Å². The average Bonchev–Trinajstić information content (AvgIpc) is 2.60. The van der Waals surface area contributed by atoms with E-state index in [1.807, 2.05) is 0 Å². The lowest BCUT2D eigenvalue weighted by molar-refractivity contribution is -0.138. The van der Waals surface area contributed by atoms with Gasteiger partial charge < -0.3 is 5.32 Å². The van der Waals surface area contributed by atoms with Crippen LogP contribution in [-0.4, -0.2) is 22.6 Å². The van der Waals surface area contributed by atoms with Gasteiger partial charge in [-0.15, -0.1) is 21.8 Å². The fourth-order valence-corrected chi connectivity index (χ4v) is 1.65. The average molecular weight is 260 g/mol. The molecule has 8 heteroatoms. The summed E-state index contributed by atoms with van der Waals surface area (Å²) in [4.78, 5) is 0. The van der Waals surface area contributed by atoms with Crippen molar-refractivity contribution in [2.24, 2.45) is 0 Å². The summed E-state index contributed by atoms with van der Waals surface area (Å²) >= 11 is 5.95. The van der Waals surface area contributed by atoms with Crippen molar-refractivity contribution in [3.05, 3.63) is 5.01 Å². The third kappa shape index (κ3) is 4.21. The summed E-state index contributed by atoms with van der Waals surface area (Å²) in [6.07, 6.45) is -2.79. The summed E-state index contributed by atoms with van der Waals surface area (Å²) < 4.78 is 36.3. The number of aromatic nitrogens is 2. The molecule has 3 nitrogen and oxygen atoms in total. The van der Waals surface area contributed by atoms with Gasteiger partial charge in [-0.3, -0.25) is 0 Å². The van der Waals surface area contributed by atoms with Crippen molar-refractivity contribution in [1.29, 1.82) is 0 Å². The molecule has 1 aromatic heterocycles. The first-order valence-corrected chi connectivity index (χ1v) is 5.59. The summed E-state index contributed by atoms with van der Waals surface area (Å²) in [5, 5.41) is 8.45. The number of nitrogens with one attached hydrogen (secondary N) is 1. The molecule has 15 heavy (non-hydrogen) atoms. The molecule has 0 aliphatic heterocycles. The number of unbranched alkanes of at least 4 members (excludes halogenated alkanes) is 1. The fraction of sp³-hybridized carbons (Fsp3) is 0.714. The van der Waals surface area contributed by atoms with E-state index in [4.69, 9.17) is 11.6 Å². The first-order chi connectivity index (χ1) is 7.04. The van der Waals surface area contributed by atoms with Crippen molar-refractivity contribution in [1.82, 2.24) is 10.2 Å². The van der Waals surface area contributed by atoms with Gasteiger partial charge in [0.25, 0.3) is 0 Å². The fourth-order valence-electron chi connectivity index (χ4n) is 0.824. The Bertz CT molecular complexity index is 302. The van der Waals surface area contributed by atoms with Crippen LogP contribution in [0.3, 0.4) is 0 Å². The Kier molecular flexibility index (Phi) is 4.59. The molecule has 0 saturated heterocycles. The second-order valence-electron chi connectivity index (χ2n) is 2.73. The Morgan fingerprint density at radius 1 is 1.27 bits per heavy atom. The molecule has 1 rings (SSSR count). The maximum absolute atomic E-state index is 12.1. The number of anilines is 1. The van der Waals surface area contributed by atoms with Crippen molar-refractivity contribution < 1.29 is 13.2 Å². The highest BCUT2D eigenvalue weighted by molar-refractivity contribution is 7.15. The minimum Gasteiger partial charge on any atom is -0.360 e. The number of hydrogen-bond acceptors (Lipinski definition) is 4. The van der Waals surface area contributed by atoms with Crippen molar-refractivity contribution >= 4 is 28.1 Å². The molecule has 1 heterocycles. The standard InChI is InChI=1S/C7H9ClF3N3S/c8-3-1-2-4-12-6-14-13-5(15-6)7(9,10)11/h1-4H2,(H,12,14). The van der Waals surface area contributed by atoms with Crippen LogP contribution in [0.4, 0.5) is 18.3 Å². The zero-order valence-corrected chi connectivity index (χ0v) is 9.22. The molecule has 1 aromatic rings. The summed E-state index contributed by atoms with van der Waals surface area (Å²) in [7, 11) is 0. The van der Waals surface area contributed by atoms with E-state index in [0.29, 0.717) is 23.8 Å². The minimum absolute atomic E-state index is 0.192. The van der Waals surface area contributed by atoms with E-state index >= 15 is 0 Å². The third-order valence-electron chi connectivity index (χ3n) is 1.50. The lowest BCUT2D eigenvalue weighted by Crippen LogP contribution is -2.03. The van der Waals surface area contributed by atoms with E-state index < -0.39 is 11.2 Å². The van der Waals surface area contributed by atoms with Crippen LogP contribution in [0.5, 0.6) is 0 Å². The first-order valence-electron chi connectivity index (χ1n) is 4.24. The maximum Gasteiger partial charge on any atom is 0.445 e. The topological polar surface area (TPSA) is 37.8 Å². The highest BCUT2D eigenvalue weighted by atomic mass is 35.5. The smallest absolute Gasteiger partial charge is 0.360 e. The van der Waals surface area contributed by atoms with Crippen LogP contribution in [0.1, 0.15) is 17.8 Å². The van der Waals surface area contributed by atoms with Gasteiger partial charge in [-0.25, -0.2) is 0 Å². The van der Waals surface area contributed by atoms with Crippen molar-refractivity contribution in [2.75, 3.05) is 17.7 Å². The van der Waals surface area contributed by atoms with Gasteiger partial charge in [0.05, 0.1) is 0 Å². The Morgan fingerprint density at radius 2 is 2.00 bits per heavy atom. The van der Waals surface area contributed by atoms with Crippen LogP contribution >= 0.6 is 22.9 Å². The highest BCUT2D eigenvalue weighted by Crippen LogP contribution is 2.32. The molecule has 0 fully saturated rings. The van der Waals surface area contributed by atoms with Gasteiger partial charge in [-0.05, 0) is 12.8 Å². The molecule has 0 radical (unpaired) electrons. The second-order valence-corrected chi connectivity index (χ2v) is 4.09. The largest absolute Gasteiger partial charge is 0.445 e. The molecule has 1 N–H and O–H groups in total. The zero-order chi connectivity index (χ0) is 11.3. The first kappa shape index (κ1) is 12.5. The van der Waals surface area contributed by atoms with Crippen LogP contribution in [0.15, 0.2) is 0 Å². The molecule has 0 aliphatic carbocycles. The molecular formula is C7H9ClF3N3S. The highest BCUT2D eigenvalue weighted by Gasteiger charge is 2.35. The Labute approximate surface area is 93.7 Å². The van der Waals surface area contributed by atoms with E-state index in [1.165, 1.54) is 0 Å². The molecular weight excluding hydrogens is 251 g/mol. The maximum atomic E-state index is 12.1. The Morgan fingerprint density at radius 3 is 2.53 bits per heavy atom. The normalized spacial score (nSPS) is 11.7. The molecule has 0 aromatic carbocycles. The minimum atomic E-state index is -4.41. The Hall–Kier alpha value is -0.560. The number of rotatable bonds is 5. The molecule has 0 unspecified atom stereocenters. The van der Waals surface area contributed by atoms with Crippen LogP contribution < -0.4 is 5.32 Å². The molecule has 0 atom stereocenters. The SMILES string of the molecule is FC(F)(F)c1nnc(NCCCCCl)s1. The van der Waals surface area contributed by atoms with Gasteiger partial charge in [0.15, 0.2) is 0 Å². The molecule has 0 bridgehead atoms. The predicted molar refractivity (Wildman–Crippen MR) is 53.4 cm³/mol. The zero-order valence-electron chi connectivity index (χ0n) is 7.64. The Balaban J connectivity index is 2.40. The van der Waals surface area contributed by atoms with Gasteiger partial charge in [0.1, 0.15) is 0 Å². The summed E-state index contributed by atoms with van der Waals surface area (Å²) in [6.45, 7) is 0.555. The van der Waals surface area contributed by atoms with Crippen LogP contribution in [0, 0.1) is 0 Å². The third-order valence-corrected chi connectivity index (χ3v) is 2.70. The van der Waals surface area contributed by atoms with Crippen molar-refractivity contribution in [2.45, 2.75) is 19.0 Å². The molecule has 0 amide bonds. The van der Waals surface area contributed by atoms with Crippen molar-refractivity contribution in [3.8, 4) is 0 Å². The number of hydrogen-bond donors (Lipinski definition) is 1. The van der Waals surface area contributed by atoms with Gasteiger partial charge in [-0.1, -0.05) is 11.3 Å². The lowest BCUT2D eigenvalue weighted by atomic mass is 10.3. The molecule has 0 saturated carbocycles. The van der Waals surface area contributed by atoms with Gasteiger partial charge >= 0.3 is 6.18 Å². The van der Waals surface area contributed by atoms with E-state index in [9.17, 15) is 13.2 Å². The lowest BCUT2D eigenvalue weighted by Gasteiger charge is -1.99. The second kappa shape index (κ2) is 5.50. The van der Waals surface area contributed by atoms with E-state index in [2.05, 4.69) is 15.5 Å². The van der Waals surface area contributed by atoms with Crippen LogP contribution in [0.2, 0.25) is 0 Å². The van der Waals surface area contributed by atoms with Gasteiger partial charge in [0, 0.05) is 12.4 Å². The van der Waals surface area contributed by atoms with E-state index in [0.717, 1.165) is 12.8 Å². The summed E-state index contributed by atoms with van der Waals surface area (Å²) in [5.41, 5.74) is 0. The number of nitrogens with zero attached hydrogens (tertiary/aromatic N) is 2. The molecule has 0 spiro atoms. The number of halogens is 4. The van der Waals surface area contributed by atoms with Crippen LogP contribution in [-0.2, 0) is 6.18 Å². The number of alkyl halides is 4. The van der Waals surface area contributed by atoms with Crippen LogP contribution in [0.25, 0.3) is 0 Å². The monoisotopic (exact) mass is 259 g/mol. The van der Waals surface area contributed by atoms with E-state index in [1.54, 1.807) is 0 Å². The van der Waals surface area contributed by atoms with Crippen molar-refractivity contribution in [3.63, 3.8) is 0 Å². The predicted octanol–water partition coefficient (Wildman–Crippen LogP) is 2.99. The van der Waals surface area contributed by atoms with E-state index in [-0.39, 0.29) is 5.13 Å². The quantitative estimate of drug-likeness (QED) is 0.653. The summed E-state index contributed by atoms with van der Waals surface area (Å²) in [6, 6.07) is 0.